The number of methoxy groups -OCH3 is 3. The molecule has 0 saturated carbocycles. The molecule has 178 valence electrons. The molecule has 2 heterocycles. The minimum atomic E-state index is -0.686. The summed E-state index contributed by atoms with van der Waals surface area (Å²) in [7, 11) is 4.47. The van der Waals surface area contributed by atoms with Gasteiger partial charge in [0.15, 0.2) is 11.5 Å². The SMILES string of the molecule is COc1cc(C(=O)N[C@H](C)C(=O)N2CC=C(c3c[nH]c4ccccc34)CC2)cc(OC)c1OC. The molecule has 2 aromatic carbocycles. The second-order valence-electron chi connectivity index (χ2n) is 8.12. The summed E-state index contributed by atoms with van der Waals surface area (Å²) in [6.45, 7) is 2.78. The van der Waals surface area contributed by atoms with Crippen LogP contribution >= 0.6 is 0 Å². The zero-order valence-corrected chi connectivity index (χ0v) is 19.8. The smallest absolute Gasteiger partial charge is 0.252 e. The van der Waals surface area contributed by atoms with Crippen molar-refractivity contribution < 1.29 is 23.8 Å². The molecule has 2 amide bonds. The molecule has 0 unspecified atom stereocenters. The molecule has 0 saturated heterocycles. The number of para-hydroxylation sites is 1. The molecular formula is C26H29N3O5. The molecule has 8 heteroatoms. The van der Waals surface area contributed by atoms with Gasteiger partial charge in [0.05, 0.1) is 21.3 Å². The molecular weight excluding hydrogens is 434 g/mol. The Labute approximate surface area is 198 Å². The molecule has 1 aromatic heterocycles. The van der Waals surface area contributed by atoms with Crippen LogP contribution in [0.15, 0.2) is 48.7 Å². The van der Waals surface area contributed by atoms with Crippen LogP contribution in [-0.4, -0.2) is 62.2 Å². The Balaban J connectivity index is 1.43. The number of fused-ring (bicyclic) bond motifs is 1. The van der Waals surface area contributed by atoms with Gasteiger partial charge >= 0.3 is 0 Å². The zero-order valence-electron chi connectivity index (χ0n) is 19.8. The van der Waals surface area contributed by atoms with Crippen LogP contribution in [0.1, 0.15) is 29.3 Å². The lowest BCUT2D eigenvalue weighted by molar-refractivity contribution is -0.132. The van der Waals surface area contributed by atoms with Gasteiger partial charge in [-0.3, -0.25) is 9.59 Å². The lowest BCUT2D eigenvalue weighted by Crippen LogP contribution is -2.48. The highest BCUT2D eigenvalue weighted by Crippen LogP contribution is 2.38. The van der Waals surface area contributed by atoms with Crippen molar-refractivity contribution in [2.75, 3.05) is 34.4 Å². The number of hydrogen-bond donors (Lipinski definition) is 2. The van der Waals surface area contributed by atoms with E-state index in [4.69, 9.17) is 14.2 Å². The normalized spacial score (nSPS) is 14.4. The highest BCUT2D eigenvalue weighted by atomic mass is 16.5. The highest BCUT2D eigenvalue weighted by molar-refractivity contribution is 5.99. The van der Waals surface area contributed by atoms with Crippen molar-refractivity contribution in [1.29, 1.82) is 0 Å². The molecule has 0 spiro atoms. The van der Waals surface area contributed by atoms with Crippen molar-refractivity contribution in [1.82, 2.24) is 15.2 Å². The largest absolute Gasteiger partial charge is 0.493 e. The Hall–Kier alpha value is -3.94. The quantitative estimate of drug-likeness (QED) is 0.558. The maximum Gasteiger partial charge on any atom is 0.252 e. The fourth-order valence-electron chi connectivity index (χ4n) is 4.28. The molecule has 34 heavy (non-hydrogen) atoms. The first kappa shape index (κ1) is 23.2. The summed E-state index contributed by atoms with van der Waals surface area (Å²) in [6.07, 6.45) is 4.86. The zero-order chi connectivity index (χ0) is 24.2. The summed E-state index contributed by atoms with van der Waals surface area (Å²) >= 11 is 0. The summed E-state index contributed by atoms with van der Waals surface area (Å²) in [5.74, 6) is 0.618. The van der Waals surface area contributed by atoms with Gasteiger partial charge in [-0.25, -0.2) is 0 Å². The first-order chi connectivity index (χ1) is 16.5. The first-order valence-electron chi connectivity index (χ1n) is 11.1. The van der Waals surface area contributed by atoms with Crippen LogP contribution in [0.4, 0.5) is 0 Å². The van der Waals surface area contributed by atoms with E-state index >= 15 is 0 Å². The number of amides is 2. The number of rotatable bonds is 7. The van der Waals surface area contributed by atoms with Gasteiger partial charge < -0.3 is 29.4 Å². The molecule has 0 fully saturated rings. The molecule has 4 rings (SSSR count). The third-order valence-electron chi connectivity index (χ3n) is 6.10. The number of benzene rings is 2. The van der Waals surface area contributed by atoms with E-state index in [0.717, 1.165) is 11.9 Å². The van der Waals surface area contributed by atoms with Gasteiger partial charge in [-0.15, -0.1) is 0 Å². The van der Waals surface area contributed by atoms with E-state index in [9.17, 15) is 9.59 Å². The van der Waals surface area contributed by atoms with Crippen molar-refractivity contribution in [2.24, 2.45) is 0 Å². The number of nitrogens with zero attached hydrogens (tertiary/aromatic N) is 1. The Morgan fingerprint density at radius 1 is 1.06 bits per heavy atom. The van der Waals surface area contributed by atoms with Crippen LogP contribution in [0.25, 0.3) is 16.5 Å². The Morgan fingerprint density at radius 2 is 1.76 bits per heavy atom. The molecule has 1 atom stereocenters. The monoisotopic (exact) mass is 463 g/mol. The second-order valence-corrected chi connectivity index (χ2v) is 8.12. The molecule has 8 nitrogen and oxygen atoms in total. The van der Waals surface area contributed by atoms with Gasteiger partial charge in [0, 0.05) is 41.3 Å². The van der Waals surface area contributed by atoms with E-state index in [-0.39, 0.29) is 5.91 Å². The molecule has 1 aliphatic heterocycles. The third-order valence-corrected chi connectivity index (χ3v) is 6.10. The highest BCUT2D eigenvalue weighted by Gasteiger charge is 2.26. The fraction of sp³-hybridized carbons (Fsp3) is 0.308. The lowest BCUT2D eigenvalue weighted by atomic mass is 9.98. The topological polar surface area (TPSA) is 92.9 Å². The molecule has 0 bridgehead atoms. The average molecular weight is 464 g/mol. The maximum atomic E-state index is 13.0. The Morgan fingerprint density at radius 3 is 2.38 bits per heavy atom. The van der Waals surface area contributed by atoms with Gasteiger partial charge in [0.2, 0.25) is 11.7 Å². The molecule has 2 N–H and O–H groups in total. The van der Waals surface area contributed by atoms with Crippen molar-refractivity contribution >= 4 is 28.3 Å². The van der Waals surface area contributed by atoms with Gasteiger partial charge in [0.1, 0.15) is 6.04 Å². The van der Waals surface area contributed by atoms with E-state index < -0.39 is 11.9 Å². The van der Waals surface area contributed by atoms with Crippen molar-refractivity contribution in [3.63, 3.8) is 0 Å². The maximum absolute atomic E-state index is 13.0. The van der Waals surface area contributed by atoms with E-state index in [1.807, 2.05) is 18.3 Å². The minimum Gasteiger partial charge on any atom is -0.493 e. The number of H-pyrrole nitrogens is 1. The van der Waals surface area contributed by atoms with Gasteiger partial charge in [-0.2, -0.15) is 0 Å². The van der Waals surface area contributed by atoms with Crippen molar-refractivity contribution in [3.05, 3.63) is 59.8 Å². The fourth-order valence-corrected chi connectivity index (χ4v) is 4.28. The molecule has 0 aliphatic carbocycles. The second kappa shape index (κ2) is 9.91. The minimum absolute atomic E-state index is 0.130. The molecule has 3 aromatic rings. The number of carbonyl (C=O) groups is 2. The number of carbonyl (C=O) groups excluding carboxylic acids is 2. The Bertz CT molecular complexity index is 1220. The van der Waals surface area contributed by atoms with Crippen LogP contribution in [0, 0.1) is 0 Å². The first-order valence-corrected chi connectivity index (χ1v) is 11.1. The van der Waals surface area contributed by atoms with Crippen LogP contribution in [0.3, 0.4) is 0 Å². The standard InChI is InChI=1S/C26H29N3O5/c1-16(28-25(30)18-13-22(32-2)24(34-4)23(14-18)33-3)26(31)29-11-9-17(10-12-29)20-15-27-21-8-6-5-7-19(20)21/h5-9,13-16,27H,10-12H2,1-4H3,(H,28,30)/t16-/m1/s1. The Kier molecular flexibility index (Phi) is 6.77. The van der Waals surface area contributed by atoms with E-state index in [2.05, 4.69) is 28.5 Å². The van der Waals surface area contributed by atoms with Crippen LogP contribution in [0.5, 0.6) is 17.2 Å². The van der Waals surface area contributed by atoms with Crippen molar-refractivity contribution in [3.8, 4) is 17.2 Å². The van der Waals surface area contributed by atoms with E-state index in [1.165, 1.54) is 37.9 Å². The lowest BCUT2D eigenvalue weighted by Gasteiger charge is -2.29. The number of ether oxygens (including phenoxy) is 3. The average Bonchev–Trinajstić information content (AvgIpc) is 3.31. The van der Waals surface area contributed by atoms with E-state index in [1.54, 1.807) is 24.0 Å². The van der Waals surface area contributed by atoms with Gasteiger partial charge in [0.25, 0.3) is 5.91 Å². The van der Waals surface area contributed by atoms with Crippen molar-refractivity contribution in [2.45, 2.75) is 19.4 Å². The van der Waals surface area contributed by atoms with Crippen LogP contribution in [0.2, 0.25) is 0 Å². The van der Waals surface area contributed by atoms with Gasteiger partial charge in [-0.1, -0.05) is 24.3 Å². The summed E-state index contributed by atoms with van der Waals surface area (Å²) in [6, 6.07) is 10.6. The number of nitrogens with one attached hydrogen (secondary N) is 2. The van der Waals surface area contributed by atoms with Gasteiger partial charge in [-0.05, 0) is 37.1 Å². The predicted molar refractivity (Wildman–Crippen MR) is 130 cm³/mol. The third kappa shape index (κ3) is 4.44. The van der Waals surface area contributed by atoms with Crippen LogP contribution < -0.4 is 19.5 Å². The number of hydrogen-bond acceptors (Lipinski definition) is 5. The number of aromatic nitrogens is 1. The molecule has 1 aliphatic rings. The number of aromatic amines is 1. The van der Waals surface area contributed by atoms with E-state index in [0.29, 0.717) is 35.9 Å². The molecule has 0 radical (unpaired) electrons. The predicted octanol–water partition coefficient (Wildman–Crippen LogP) is 3.63. The summed E-state index contributed by atoms with van der Waals surface area (Å²) in [5, 5.41) is 3.97. The summed E-state index contributed by atoms with van der Waals surface area (Å²) < 4.78 is 15.9. The summed E-state index contributed by atoms with van der Waals surface area (Å²) in [5.41, 5.74) is 3.80. The summed E-state index contributed by atoms with van der Waals surface area (Å²) in [4.78, 5) is 31.0. The van der Waals surface area contributed by atoms with Crippen LogP contribution in [-0.2, 0) is 4.79 Å².